The number of halogens is 2. The zero-order valence-corrected chi connectivity index (χ0v) is 24.7. The van der Waals surface area contributed by atoms with Crippen molar-refractivity contribution in [2.24, 2.45) is 0 Å². The Bertz CT molecular complexity index is 1500. The van der Waals surface area contributed by atoms with E-state index in [0.29, 0.717) is 76.4 Å². The van der Waals surface area contributed by atoms with Crippen molar-refractivity contribution in [1.29, 1.82) is 0 Å². The molecule has 42 heavy (non-hydrogen) atoms. The third kappa shape index (κ3) is 9.01. The molecule has 0 aliphatic rings. The van der Waals surface area contributed by atoms with Gasteiger partial charge in [0.25, 0.3) is 0 Å². The third-order valence-electron chi connectivity index (χ3n) is 6.19. The average Bonchev–Trinajstić information content (AvgIpc) is 2.95. The number of nitrogens with one attached hydrogen (secondary N) is 2. The number of carbonyl (C=O) groups is 1. The van der Waals surface area contributed by atoms with Crippen LogP contribution >= 0.6 is 11.6 Å². The van der Waals surface area contributed by atoms with E-state index in [9.17, 15) is 9.18 Å². The fourth-order valence-corrected chi connectivity index (χ4v) is 4.38. The van der Waals surface area contributed by atoms with Crippen LogP contribution in [-0.4, -0.2) is 61.2 Å². The van der Waals surface area contributed by atoms with Crippen molar-refractivity contribution in [2.75, 3.05) is 51.1 Å². The second kappa shape index (κ2) is 15.3. The molecule has 0 aliphatic heterocycles. The largest absolute Gasteiger partial charge is 0.489 e. The number of carbonyl (C=O) groups excluding carboxylic acids is 1. The van der Waals surface area contributed by atoms with Gasteiger partial charge in [-0.15, -0.1) is 0 Å². The van der Waals surface area contributed by atoms with Crippen LogP contribution < -0.4 is 20.1 Å². The minimum Gasteiger partial charge on any atom is -0.489 e. The number of fused-ring (bicyclic) bond motifs is 1. The molecule has 11 heteroatoms. The van der Waals surface area contributed by atoms with Crippen LogP contribution in [0.3, 0.4) is 0 Å². The summed E-state index contributed by atoms with van der Waals surface area (Å²) >= 11 is 6.50. The highest BCUT2D eigenvalue weighted by molar-refractivity contribution is 6.32. The summed E-state index contributed by atoms with van der Waals surface area (Å²) < 4.78 is 30.6. The van der Waals surface area contributed by atoms with Crippen molar-refractivity contribution >= 4 is 45.6 Å². The predicted molar refractivity (Wildman–Crippen MR) is 163 cm³/mol. The van der Waals surface area contributed by atoms with Crippen molar-refractivity contribution in [3.8, 4) is 11.5 Å². The van der Waals surface area contributed by atoms with Gasteiger partial charge < -0.3 is 29.7 Å². The quantitative estimate of drug-likeness (QED) is 0.152. The van der Waals surface area contributed by atoms with Gasteiger partial charge in [-0.25, -0.2) is 14.4 Å². The van der Waals surface area contributed by atoms with Crippen molar-refractivity contribution in [2.45, 2.75) is 26.4 Å². The second-order valence-electron chi connectivity index (χ2n) is 9.78. The summed E-state index contributed by atoms with van der Waals surface area (Å²) in [6.07, 6.45) is 2.55. The maximum atomic E-state index is 13.5. The Morgan fingerprint density at radius 1 is 1.02 bits per heavy atom. The highest BCUT2D eigenvalue weighted by Gasteiger charge is 2.15. The van der Waals surface area contributed by atoms with Gasteiger partial charge >= 0.3 is 0 Å². The number of amides is 1. The van der Waals surface area contributed by atoms with Crippen LogP contribution in [0.2, 0.25) is 5.02 Å². The third-order valence-corrected chi connectivity index (χ3v) is 6.48. The normalized spacial score (nSPS) is 11.1. The van der Waals surface area contributed by atoms with Gasteiger partial charge in [-0.1, -0.05) is 23.7 Å². The van der Waals surface area contributed by atoms with E-state index in [1.165, 1.54) is 18.5 Å². The molecular weight excluding hydrogens is 561 g/mol. The Kier molecular flexibility index (Phi) is 11.3. The zero-order chi connectivity index (χ0) is 29.9. The molecule has 1 amide bonds. The monoisotopic (exact) mass is 595 g/mol. The molecule has 0 saturated carbocycles. The van der Waals surface area contributed by atoms with Gasteiger partial charge in [0.1, 0.15) is 42.7 Å². The molecular formula is C31H35ClFN5O4. The SMILES string of the molecule is CCOCCOc1cc2ncnc(Nc3ccc(OCc4cccc(F)c4)c(Cl)c3)c2cc1NC(=O)CCCN(C)C. The second-order valence-corrected chi connectivity index (χ2v) is 10.2. The number of benzene rings is 3. The molecule has 0 fully saturated rings. The van der Waals surface area contributed by atoms with Crippen LogP contribution in [0, 0.1) is 5.82 Å². The molecule has 0 radical (unpaired) electrons. The van der Waals surface area contributed by atoms with Crippen molar-refractivity contribution in [3.05, 3.63) is 77.3 Å². The van der Waals surface area contributed by atoms with E-state index in [1.54, 1.807) is 42.5 Å². The van der Waals surface area contributed by atoms with E-state index >= 15 is 0 Å². The molecule has 0 saturated heterocycles. The van der Waals surface area contributed by atoms with Gasteiger partial charge in [-0.2, -0.15) is 0 Å². The molecule has 0 spiro atoms. The van der Waals surface area contributed by atoms with Gasteiger partial charge in [0, 0.05) is 30.2 Å². The van der Waals surface area contributed by atoms with Gasteiger partial charge in [0.2, 0.25) is 5.91 Å². The summed E-state index contributed by atoms with van der Waals surface area (Å²) in [5, 5.41) is 7.33. The lowest BCUT2D eigenvalue weighted by Gasteiger charge is -2.16. The van der Waals surface area contributed by atoms with Crippen LogP contribution in [0.15, 0.2) is 60.9 Å². The van der Waals surface area contributed by atoms with Gasteiger partial charge in [0.05, 0.1) is 22.8 Å². The Hall–Kier alpha value is -3.99. The molecule has 9 nitrogen and oxygen atoms in total. The molecule has 2 N–H and O–H groups in total. The molecule has 0 aliphatic carbocycles. The molecule has 222 valence electrons. The molecule has 0 bridgehead atoms. The fourth-order valence-electron chi connectivity index (χ4n) is 4.14. The van der Waals surface area contributed by atoms with E-state index in [1.807, 2.05) is 25.9 Å². The van der Waals surface area contributed by atoms with E-state index in [2.05, 4.69) is 20.6 Å². The molecule has 1 aromatic heterocycles. The van der Waals surface area contributed by atoms with E-state index in [-0.39, 0.29) is 18.3 Å². The number of nitrogens with zero attached hydrogens (tertiary/aromatic N) is 3. The van der Waals surface area contributed by atoms with E-state index in [4.69, 9.17) is 25.8 Å². The van der Waals surface area contributed by atoms with E-state index < -0.39 is 0 Å². The number of hydrogen-bond acceptors (Lipinski definition) is 8. The van der Waals surface area contributed by atoms with Crippen molar-refractivity contribution < 1.29 is 23.4 Å². The predicted octanol–water partition coefficient (Wildman–Crippen LogP) is 6.44. The van der Waals surface area contributed by atoms with E-state index in [0.717, 1.165) is 13.0 Å². The zero-order valence-electron chi connectivity index (χ0n) is 24.0. The number of anilines is 3. The Balaban J connectivity index is 1.54. The number of aromatic nitrogens is 2. The Morgan fingerprint density at radius 2 is 1.88 bits per heavy atom. The van der Waals surface area contributed by atoms with Crippen molar-refractivity contribution in [3.63, 3.8) is 0 Å². The number of hydrogen-bond donors (Lipinski definition) is 2. The lowest BCUT2D eigenvalue weighted by molar-refractivity contribution is -0.116. The summed E-state index contributed by atoms with van der Waals surface area (Å²) in [6, 6.07) is 15.0. The first-order valence-electron chi connectivity index (χ1n) is 13.7. The molecule has 1 heterocycles. The van der Waals surface area contributed by atoms with Gasteiger partial charge in [0.15, 0.2) is 0 Å². The van der Waals surface area contributed by atoms with Gasteiger partial charge in [-0.05, 0) is 75.9 Å². The number of ether oxygens (including phenoxy) is 3. The minimum atomic E-state index is -0.324. The van der Waals surface area contributed by atoms with Crippen LogP contribution in [-0.2, 0) is 16.1 Å². The first-order valence-corrected chi connectivity index (χ1v) is 14.1. The minimum absolute atomic E-state index is 0.113. The lowest BCUT2D eigenvalue weighted by Crippen LogP contribution is -2.18. The molecule has 3 aromatic carbocycles. The van der Waals surface area contributed by atoms with Gasteiger partial charge in [-0.3, -0.25) is 4.79 Å². The van der Waals surface area contributed by atoms with Crippen LogP contribution in [0.25, 0.3) is 10.9 Å². The fraction of sp³-hybridized carbons (Fsp3) is 0.323. The van der Waals surface area contributed by atoms with Crippen molar-refractivity contribution in [1.82, 2.24) is 14.9 Å². The maximum absolute atomic E-state index is 13.5. The van der Waals surface area contributed by atoms with Crippen LogP contribution in [0.5, 0.6) is 11.5 Å². The average molecular weight is 596 g/mol. The first kappa shape index (κ1) is 31.0. The summed E-state index contributed by atoms with van der Waals surface area (Å²) in [6.45, 7) is 4.24. The lowest BCUT2D eigenvalue weighted by atomic mass is 10.1. The first-order chi connectivity index (χ1) is 20.3. The Morgan fingerprint density at radius 3 is 2.64 bits per heavy atom. The van der Waals surface area contributed by atoms with Crippen LogP contribution in [0.1, 0.15) is 25.3 Å². The van der Waals surface area contributed by atoms with Crippen LogP contribution in [0.4, 0.5) is 21.6 Å². The topological polar surface area (TPSA) is 97.8 Å². The summed E-state index contributed by atoms with van der Waals surface area (Å²) in [4.78, 5) is 23.6. The highest BCUT2D eigenvalue weighted by Crippen LogP contribution is 2.35. The molecule has 0 atom stereocenters. The summed E-state index contributed by atoms with van der Waals surface area (Å²) in [7, 11) is 3.95. The Labute approximate surface area is 250 Å². The molecule has 4 rings (SSSR count). The molecule has 4 aromatic rings. The maximum Gasteiger partial charge on any atom is 0.224 e. The molecule has 0 unspecified atom stereocenters. The smallest absolute Gasteiger partial charge is 0.224 e. The standard InChI is InChI=1S/C31H35ClFN5O4/c1-4-40-13-14-41-29-18-26-24(17-27(29)37-30(39)9-6-12-38(2)3)31(35-20-34-26)36-23-10-11-28(25(32)16-23)42-19-21-7-5-8-22(33)15-21/h5,7-8,10-11,15-18,20H,4,6,9,12-14,19H2,1-3H3,(H,37,39)(H,34,35,36). The summed E-state index contributed by atoms with van der Waals surface area (Å²) in [5.41, 5.74) is 2.52. The number of rotatable bonds is 15. The summed E-state index contributed by atoms with van der Waals surface area (Å²) in [5.74, 6) is 1.05. The highest BCUT2D eigenvalue weighted by atomic mass is 35.5.